The van der Waals surface area contributed by atoms with Crippen molar-refractivity contribution in [3.8, 4) is 0 Å². The number of halogens is 2. The second-order valence-corrected chi connectivity index (χ2v) is 9.95. The molecular formula is C32H28Cl2N2O2. The van der Waals surface area contributed by atoms with Crippen LogP contribution in [-0.4, -0.2) is 12.6 Å². The number of anilines is 2. The van der Waals surface area contributed by atoms with Crippen LogP contribution in [0.1, 0.15) is 36.6 Å². The molecule has 5 rings (SSSR count). The Bertz CT molecular complexity index is 1440. The van der Waals surface area contributed by atoms with E-state index >= 15 is 0 Å². The third-order valence-corrected chi connectivity index (χ3v) is 7.10. The SMILES string of the molecule is CCOC(=O)C1=C(Nc2ccccc2)CC(c2cccc(Cl)c2)N(c2ccccc2)C1c1cccc(Cl)c1. The summed E-state index contributed by atoms with van der Waals surface area (Å²) >= 11 is 13.0. The summed E-state index contributed by atoms with van der Waals surface area (Å²) in [6.07, 6.45) is 0.537. The number of nitrogens with zero attached hydrogens (tertiary/aromatic N) is 1. The average molecular weight is 543 g/mol. The Labute approximate surface area is 233 Å². The number of benzene rings is 4. The molecule has 0 bridgehead atoms. The van der Waals surface area contributed by atoms with Crippen LogP contribution in [0.5, 0.6) is 0 Å². The summed E-state index contributed by atoms with van der Waals surface area (Å²) in [5.74, 6) is -0.360. The molecule has 4 nitrogen and oxygen atoms in total. The van der Waals surface area contributed by atoms with Gasteiger partial charge in [0.05, 0.1) is 24.3 Å². The van der Waals surface area contributed by atoms with E-state index in [9.17, 15) is 4.79 Å². The summed E-state index contributed by atoms with van der Waals surface area (Å²) in [7, 11) is 0. The van der Waals surface area contributed by atoms with E-state index in [0.717, 1.165) is 28.2 Å². The van der Waals surface area contributed by atoms with Gasteiger partial charge >= 0.3 is 5.97 Å². The molecule has 1 aliphatic rings. The zero-order chi connectivity index (χ0) is 26.5. The topological polar surface area (TPSA) is 41.6 Å². The van der Waals surface area contributed by atoms with Crippen LogP contribution >= 0.6 is 23.2 Å². The zero-order valence-corrected chi connectivity index (χ0v) is 22.5. The largest absolute Gasteiger partial charge is 0.463 e. The number of hydrogen-bond acceptors (Lipinski definition) is 4. The standard InChI is InChI=1S/C32H28Cl2N2O2/c1-2-38-32(37)30-28(35-26-15-5-3-6-16-26)21-29(22-11-9-13-24(33)19-22)36(27-17-7-4-8-18-27)31(30)23-12-10-14-25(34)20-23/h3-20,29,31,35H,2,21H2,1H3. The minimum atomic E-state index is -0.473. The molecule has 0 amide bonds. The van der Waals surface area contributed by atoms with Gasteiger partial charge in [-0.1, -0.05) is 83.9 Å². The number of carbonyl (C=O) groups excluding carboxylic acids is 1. The van der Waals surface area contributed by atoms with Crippen molar-refractivity contribution in [2.24, 2.45) is 0 Å². The van der Waals surface area contributed by atoms with Crippen molar-refractivity contribution in [2.45, 2.75) is 25.4 Å². The molecule has 0 aliphatic carbocycles. The van der Waals surface area contributed by atoms with Crippen molar-refractivity contribution in [1.82, 2.24) is 0 Å². The first kappa shape index (κ1) is 25.9. The maximum absolute atomic E-state index is 13.7. The smallest absolute Gasteiger partial charge is 0.338 e. The molecule has 0 saturated heterocycles. The fraction of sp³-hybridized carbons (Fsp3) is 0.156. The summed E-state index contributed by atoms with van der Waals surface area (Å²) < 4.78 is 5.66. The van der Waals surface area contributed by atoms with E-state index in [1.165, 1.54) is 0 Å². The molecular weight excluding hydrogens is 515 g/mol. The summed E-state index contributed by atoms with van der Waals surface area (Å²) in [4.78, 5) is 16.0. The van der Waals surface area contributed by atoms with Crippen molar-refractivity contribution in [3.63, 3.8) is 0 Å². The van der Waals surface area contributed by atoms with Crippen molar-refractivity contribution >= 4 is 40.5 Å². The quantitative estimate of drug-likeness (QED) is 0.237. The summed E-state index contributed by atoms with van der Waals surface area (Å²) in [6.45, 7) is 2.09. The monoisotopic (exact) mass is 542 g/mol. The second-order valence-electron chi connectivity index (χ2n) is 9.08. The Hall–Kier alpha value is -3.73. The number of ether oxygens (including phenoxy) is 1. The fourth-order valence-electron chi connectivity index (χ4n) is 5.07. The number of nitrogens with one attached hydrogen (secondary N) is 1. The number of esters is 1. The molecule has 0 saturated carbocycles. The molecule has 4 aromatic carbocycles. The van der Waals surface area contributed by atoms with E-state index < -0.39 is 6.04 Å². The van der Waals surface area contributed by atoms with Gasteiger partial charge in [-0.25, -0.2) is 4.79 Å². The van der Waals surface area contributed by atoms with Crippen molar-refractivity contribution in [1.29, 1.82) is 0 Å². The molecule has 1 heterocycles. The minimum Gasteiger partial charge on any atom is -0.463 e. The third kappa shape index (κ3) is 5.57. The molecule has 2 atom stereocenters. The normalized spacial score (nSPS) is 17.3. The molecule has 0 fully saturated rings. The van der Waals surface area contributed by atoms with Crippen LogP contribution in [0.4, 0.5) is 11.4 Å². The lowest BCUT2D eigenvalue weighted by Gasteiger charge is -2.46. The maximum Gasteiger partial charge on any atom is 0.338 e. The molecule has 6 heteroatoms. The summed E-state index contributed by atoms with van der Waals surface area (Å²) in [6, 6.07) is 35.0. The maximum atomic E-state index is 13.7. The molecule has 0 radical (unpaired) electrons. The van der Waals surface area contributed by atoms with E-state index in [1.54, 1.807) is 0 Å². The highest BCUT2D eigenvalue weighted by Gasteiger charge is 2.42. The highest BCUT2D eigenvalue weighted by atomic mass is 35.5. The van der Waals surface area contributed by atoms with Gasteiger partial charge in [-0.2, -0.15) is 0 Å². The van der Waals surface area contributed by atoms with Crippen molar-refractivity contribution in [2.75, 3.05) is 16.8 Å². The van der Waals surface area contributed by atoms with Crippen LogP contribution in [0, 0.1) is 0 Å². The first-order chi connectivity index (χ1) is 18.5. The van der Waals surface area contributed by atoms with E-state index in [1.807, 2.05) is 97.9 Å². The average Bonchev–Trinajstić information content (AvgIpc) is 2.93. The Morgan fingerprint density at radius 1 is 0.842 bits per heavy atom. The van der Waals surface area contributed by atoms with E-state index in [-0.39, 0.29) is 18.6 Å². The van der Waals surface area contributed by atoms with Gasteiger partial charge in [-0.05, 0) is 66.6 Å². The molecule has 0 spiro atoms. The van der Waals surface area contributed by atoms with Crippen LogP contribution in [0.2, 0.25) is 10.0 Å². The first-order valence-corrected chi connectivity index (χ1v) is 13.4. The number of hydrogen-bond donors (Lipinski definition) is 1. The first-order valence-electron chi connectivity index (χ1n) is 12.6. The highest BCUT2D eigenvalue weighted by Crippen LogP contribution is 2.48. The molecule has 0 aromatic heterocycles. The van der Waals surface area contributed by atoms with Crippen molar-refractivity contribution < 1.29 is 9.53 Å². The molecule has 1 N–H and O–H groups in total. The van der Waals surface area contributed by atoms with Crippen molar-refractivity contribution in [3.05, 3.63) is 142 Å². The van der Waals surface area contributed by atoms with Crippen LogP contribution in [0.15, 0.2) is 120 Å². The van der Waals surface area contributed by atoms with E-state index in [2.05, 4.69) is 28.4 Å². The summed E-state index contributed by atoms with van der Waals surface area (Å²) in [5.41, 5.74) is 5.17. The lowest BCUT2D eigenvalue weighted by Crippen LogP contribution is -2.41. The minimum absolute atomic E-state index is 0.135. The Morgan fingerprint density at radius 3 is 2.08 bits per heavy atom. The molecule has 2 unspecified atom stereocenters. The van der Waals surface area contributed by atoms with Crippen LogP contribution in [0.3, 0.4) is 0 Å². The number of carbonyl (C=O) groups is 1. The Kier molecular flexibility index (Phi) is 8.02. The van der Waals surface area contributed by atoms with E-state index in [0.29, 0.717) is 22.0 Å². The van der Waals surface area contributed by atoms with Gasteiger partial charge in [0.15, 0.2) is 0 Å². The molecule has 4 aromatic rings. The highest BCUT2D eigenvalue weighted by molar-refractivity contribution is 6.31. The van der Waals surface area contributed by atoms with Crippen LogP contribution in [0.25, 0.3) is 0 Å². The van der Waals surface area contributed by atoms with Crippen LogP contribution < -0.4 is 10.2 Å². The Morgan fingerprint density at radius 2 is 1.45 bits per heavy atom. The zero-order valence-electron chi connectivity index (χ0n) is 21.0. The Balaban J connectivity index is 1.79. The van der Waals surface area contributed by atoms with Gasteiger partial charge in [0.25, 0.3) is 0 Å². The predicted molar refractivity (Wildman–Crippen MR) is 156 cm³/mol. The van der Waals surface area contributed by atoms with Gasteiger partial charge in [-0.15, -0.1) is 0 Å². The predicted octanol–water partition coefficient (Wildman–Crippen LogP) is 8.62. The van der Waals surface area contributed by atoms with Gasteiger partial charge in [0, 0.05) is 33.5 Å². The fourth-order valence-corrected chi connectivity index (χ4v) is 5.47. The lowest BCUT2D eigenvalue weighted by atomic mass is 9.84. The third-order valence-electron chi connectivity index (χ3n) is 6.63. The number of para-hydroxylation sites is 2. The van der Waals surface area contributed by atoms with Gasteiger partial charge in [0.2, 0.25) is 0 Å². The molecule has 1 aliphatic heterocycles. The van der Waals surface area contributed by atoms with E-state index in [4.69, 9.17) is 27.9 Å². The molecule has 192 valence electrons. The van der Waals surface area contributed by atoms with Gasteiger partial charge < -0.3 is 15.0 Å². The van der Waals surface area contributed by atoms with Gasteiger partial charge in [0.1, 0.15) is 0 Å². The second kappa shape index (κ2) is 11.8. The van der Waals surface area contributed by atoms with Gasteiger partial charge in [-0.3, -0.25) is 0 Å². The lowest BCUT2D eigenvalue weighted by molar-refractivity contribution is -0.139. The molecule has 38 heavy (non-hydrogen) atoms. The number of rotatable bonds is 7. The summed E-state index contributed by atoms with van der Waals surface area (Å²) in [5, 5.41) is 4.82. The van der Waals surface area contributed by atoms with Crippen LogP contribution in [-0.2, 0) is 9.53 Å².